The van der Waals surface area contributed by atoms with Crippen LogP contribution in [-0.4, -0.2) is 20.8 Å². The van der Waals surface area contributed by atoms with Crippen LogP contribution >= 0.6 is 0 Å². The van der Waals surface area contributed by atoms with E-state index < -0.39 is 0 Å². The van der Waals surface area contributed by atoms with Crippen LogP contribution in [0.1, 0.15) is 49.5 Å². The summed E-state index contributed by atoms with van der Waals surface area (Å²) in [6, 6.07) is 0. The molecule has 1 aromatic heterocycles. The van der Waals surface area contributed by atoms with Crippen LogP contribution in [0.4, 0.5) is 0 Å². The summed E-state index contributed by atoms with van der Waals surface area (Å²) in [5.41, 5.74) is 1.27. The molecule has 1 aliphatic heterocycles. The first-order valence-electron chi connectivity index (χ1n) is 6.07. The van der Waals surface area contributed by atoms with Crippen molar-refractivity contribution < 1.29 is 5.11 Å². The summed E-state index contributed by atoms with van der Waals surface area (Å²) >= 11 is 0. The molecule has 15 heavy (non-hydrogen) atoms. The Labute approximate surface area is 90.1 Å². The number of aliphatic hydroxyl groups is 1. The van der Waals surface area contributed by atoms with Crippen molar-refractivity contribution in [2.45, 2.75) is 57.1 Å². The second kappa shape index (κ2) is 3.63. The van der Waals surface area contributed by atoms with Gasteiger partial charge in [0.1, 0.15) is 5.82 Å². The van der Waals surface area contributed by atoms with Crippen LogP contribution in [0.25, 0.3) is 0 Å². The number of aryl methyl sites for hydroxylation is 1. The van der Waals surface area contributed by atoms with E-state index in [2.05, 4.69) is 10.8 Å². The molecule has 0 saturated heterocycles. The van der Waals surface area contributed by atoms with Gasteiger partial charge >= 0.3 is 0 Å². The van der Waals surface area contributed by atoms with E-state index in [1.54, 1.807) is 0 Å². The summed E-state index contributed by atoms with van der Waals surface area (Å²) in [7, 11) is 0. The van der Waals surface area contributed by atoms with E-state index >= 15 is 0 Å². The summed E-state index contributed by atoms with van der Waals surface area (Å²) in [5, 5.41) is 9.58. The van der Waals surface area contributed by atoms with E-state index in [-0.39, 0.29) is 6.10 Å². The van der Waals surface area contributed by atoms with Crippen LogP contribution in [-0.2, 0) is 13.0 Å². The molecule has 1 atom stereocenters. The van der Waals surface area contributed by atoms with Crippen LogP contribution in [0.2, 0.25) is 0 Å². The van der Waals surface area contributed by atoms with Crippen molar-refractivity contribution in [3.05, 3.63) is 17.7 Å². The Morgan fingerprint density at radius 1 is 1.27 bits per heavy atom. The lowest BCUT2D eigenvalue weighted by atomic mass is 10.1. The Kier molecular flexibility index (Phi) is 2.28. The molecular formula is C12H18N2O. The van der Waals surface area contributed by atoms with Crippen molar-refractivity contribution in [2.75, 3.05) is 0 Å². The lowest BCUT2D eigenvalue weighted by Crippen LogP contribution is -2.23. The van der Waals surface area contributed by atoms with Crippen molar-refractivity contribution in [2.24, 2.45) is 0 Å². The Hall–Kier alpha value is -0.830. The highest BCUT2D eigenvalue weighted by Crippen LogP contribution is 2.34. The van der Waals surface area contributed by atoms with Crippen LogP contribution in [0.15, 0.2) is 6.20 Å². The Morgan fingerprint density at radius 3 is 2.87 bits per heavy atom. The Morgan fingerprint density at radius 2 is 2.07 bits per heavy atom. The third kappa shape index (κ3) is 1.69. The zero-order chi connectivity index (χ0) is 10.3. The fraction of sp³-hybridized carbons (Fsp3) is 0.750. The highest BCUT2D eigenvalue weighted by molar-refractivity contribution is 5.12. The second-order valence-corrected chi connectivity index (χ2v) is 4.91. The van der Waals surface area contributed by atoms with Crippen LogP contribution in [0.5, 0.6) is 0 Å². The highest BCUT2D eigenvalue weighted by atomic mass is 16.3. The van der Waals surface area contributed by atoms with Gasteiger partial charge < -0.3 is 9.67 Å². The van der Waals surface area contributed by atoms with Gasteiger partial charge in [-0.25, -0.2) is 4.98 Å². The van der Waals surface area contributed by atoms with Gasteiger partial charge in [-0.05, 0) is 19.3 Å². The average molecular weight is 206 g/mol. The molecule has 1 aromatic rings. The normalized spacial score (nSPS) is 26.9. The summed E-state index contributed by atoms with van der Waals surface area (Å²) in [5.74, 6) is 1.88. The molecule has 1 fully saturated rings. The predicted molar refractivity (Wildman–Crippen MR) is 57.8 cm³/mol. The molecule has 1 unspecified atom stereocenters. The van der Waals surface area contributed by atoms with Gasteiger partial charge in [0.25, 0.3) is 0 Å². The smallest absolute Gasteiger partial charge is 0.109 e. The van der Waals surface area contributed by atoms with E-state index in [9.17, 15) is 5.11 Å². The molecule has 1 saturated carbocycles. The summed E-state index contributed by atoms with van der Waals surface area (Å²) in [6.45, 7) is 0.745. The SMILES string of the molecule is OC1CCc2nc(C3CCCC3)cn2C1. The van der Waals surface area contributed by atoms with Gasteiger partial charge in [0.05, 0.1) is 11.8 Å². The quantitative estimate of drug-likeness (QED) is 0.761. The number of imidazole rings is 1. The average Bonchev–Trinajstić information content (AvgIpc) is 2.84. The molecule has 1 N–H and O–H groups in total. The molecule has 2 heterocycles. The molecule has 0 radical (unpaired) electrons. The third-order valence-corrected chi connectivity index (χ3v) is 3.76. The van der Waals surface area contributed by atoms with Crippen LogP contribution in [0, 0.1) is 0 Å². The Balaban J connectivity index is 1.85. The first kappa shape index (κ1) is 9.40. The number of rotatable bonds is 1. The largest absolute Gasteiger partial charge is 0.391 e. The van der Waals surface area contributed by atoms with E-state index in [1.165, 1.54) is 37.2 Å². The highest BCUT2D eigenvalue weighted by Gasteiger charge is 2.23. The number of hydrogen-bond acceptors (Lipinski definition) is 2. The number of aliphatic hydroxyl groups excluding tert-OH is 1. The fourth-order valence-electron chi connectivity index (χ4n) is 2.87. The number of aromatic nitrogens is 2. The van der Waals surface area contributed by atoms with Gasteiger partial charge in [-0.3, -0.25) is 0 Å². The third-order valence-electron chi connectivity index (χ3n) is 3.76. The van der Waals surface area contributed by atoms with E-state index in [4.69, 9.17) is 4.98 Å². The minimum absolute atomic E-state index is 0.164. The summed E-state index contributed by atoms with van der Waals surface area (Å²) in [6.07, 6.45) is 9.15. The zero-order valence-electron chi connectivity index (χ0n) is 9.02. The second-order valence-electron chi connectivity index (χ2n) is 4.91. The maximum atomic E-state index is 9.58. The molecule has 0 bridgehead atoms. The van der Waals surface area contributed by atoms with Crippen molar-refractivity contribution in [3.8, 4) is 0 Å². The molecule has 3 rings (SSSR count). The number of hydrogen-bond donors (Lipinski definition) is 1. The molecule has 3 nitrogen and oxygen atoms in total. The van der Waals surface area contributed by atoms with Gasteiger partial charge in [0.2, 0.25) is 0 Å². The topological polar surface area (TPSA) is 38.1 Å². The lowest BCUT2D eigenvalue weighted by molar-refractivity contribution is 0.130. The van der Waals surface area contributed by atoms with Crippen LogP contribution < -0.4 is 0 Å². The molecule has 0 spiro atoms. The van der Waals surface area contributed by atoms with Crippen molar-refractivity contribution >= 4 is 0 Å². The first-order chi connectivity index (χ1) is 7.33. The summed E-state index contributed by atoms with van der Waals surface area (Å²) in [4.78, 5) is 4.72. The molecule has 3 heteroatoms. The standard InChI is InChI=1S/C12H18N2O/c15-10-5-6-12-13-11(8-14(12)7-10)9-3-1-2-4-9/h8-10,15H,1-7H2. The van der Waals surface area contributed by atoms with Gasteiger partial charge in [0, 0.05) is 25.1 Å². The maximum absolute atomic E-state index is 9.58. The minimum Gasteiger partial charge on any atom is -0.391 e. The molecule has 1 aliphatic carbocycles. The molecule has 0 amide bonds. The molecule has 0 aromatic carbocycles. The molecule has 82 valence electrons. The minimum atomic E-state index is -0.164. The molecular weight excluding hydrogens is 188 g/mol. The number of nitrogens with zero attached hydrogens (tertiary/aromatic N) is 2. The van der Waals surface area contributed by atoms with E-state index in [0.29, 0.717) is 5.92 Å². The van der Waals surface area contributed by atoms with Gasteiger partial charge in [-0.1, -0.05) is 12.8 Å². The van der Waals surface area contributed by atoms with Crippen molar-refractivity contribution in [3.63, 3.8) is 0 Å². The Bertz CT molecular complexity index is 353. The van der Waals surface area contributed by atoms with E-state index in [1.807, 2.05) is 0 Å². The number of fused-ring (bicyclic) bond motifs is 1. The fourth-order valence-corrected chi connectivity index (χ4v) is 2.87. The maximum Gasteiger partial charge on any atom is 0.109 e. The lowest BCUT2D eigenvalue weighted by Gasteiger charge is -2.18. The van der Waals surface area contributed by atoms with E-state index in [0.717, 1.165) is 19.4 Å². The van der Waals surface area contributed by atoms with Gasteiger partial charge in [0.15, 0.2) is 0 Å². The van der Waals surface area contributed by atoms with Crippen LogP contribution in [0.3, 0.4) is 0 Å². The zero-order valence-corrected chi connectivity index (χ0v) is 9.02. The van der Waals surface area contributed by atoms with Gasteiger partial charge in [-0.15, -0.1) is 0 Å². The van der Waals surface area contributed by atoms with Crippen molar-refractivity contribution in [1.82, 2.24) is 9.55 Å². The molecule has 2 aliphatic rings. The monoisotopic (exact) mass is 206 g/mol. The summed E-state index contributed by atoms with van der Waals surface area (Å²) < 4.78 is 2.15. The predicted octanol–water partition coefficient (Wildman–Crippen LogP) is 1.85. The first-order valence-corrected chi connectivity index (χ1v) is 6.07. The van der Waals surface area contributed by atoms with Gasteiger partial charge in [-0.2, -0.15) is 0 Å². The van der Waals surface area contributed by atoms with Crippen molar-refractivity contribution in [1.29, 1.82) is 0 Å².